The molecule has 2 fully saturated rings. The van der Waals surface area contributed by atoms with Gasteiger partial charge in [-0.1, -0.05) is 29.6 Å². The maximum atomic E-state index is 13.0. The number of hydrogen-bond acceptors (Lipinski definition) is 7. The lowest BCUT2D eigenvalue weighted by atomic mass is 9.96. The fourth-order valence-electron chi connectivity index (χ4n) is 4.97. The van der Waals surface area contributed by atoms with Gasteiger partial charge < -0.3 is 9.84 Å². The van der Waals surface area contributed by atoms with Crippen LogP contribution in [-0.4, -0.2) is 59.8 Å². The number of nitrogens with zero attached hydrogens (tertiary/aromatic N) is 4. The highest BCUT2D eigenvalue weighted by Gasteiger charge is 2.27. The first-order chi connectivity index (χ1) is 18.4. The Kier molecular flexibility index (Phi) is 8.42. The molecular weight excluding hydrogens is 526 g/mol. The predicted molar refractivity (Wildman–Crippen MR) is 145 cm³/mol. The van der Waals surface area contributed by atoms with Crippen LogP contribution in [0.1, 0.15) is 44.4 Å². The quantitative estimate of drug-likeness (QED) is 0.444. The summed E-state index contributed by atoms with van der Waals surface area (Å²) < 4.78 is 33.0. The number of nitrogens with one attached hydrogen (secondary N) is 1. The van der Waals surface area contributed by atoms with E-state index in [1.54, 1.807) is 40.7 Å². The van der Waals surface area contributed by atoms with Crippen LogP contribution in [0.4, 0.5) is 5.69 Å². The van der Waals surface area contributed by atoms with Crippen molar-refractivity contribution in [2.45, 2.75) is 50.0 Å². The van der Waals surface area contributed by atoms with Crippen molar-refractivity contribution in [3.05, 3.63) is 59.4 Å². The third kappa shape index (κ3) is 6.43. The van der Waals surface area contributed by atoms with E-state index in [2.05, 4.69) is 20.4 Å². The van der Waals surface area contributed by atoms with Crippen molar-refractivity contribution in [1.82, 2.24) is 19.3 Å². The second-order valence-corrected chi connectivity index (χ2v) is 12.3. The minimum Gasteiger partial charge on any atom is -0.338 e. The fraction of sp³-hybridized carbons (Fsp3) is 0.444. The Bertz CT molecular complexity index is 1330. The number of amides is 1. The smallest absolute Gasteiger partial charge is 0.243 e. The molecule has 0 spiro atoms. The first-order valence-electron chi connectivity index (χ1n) is 13.1. The molecule has 2 aromatic carbocycles. The molecule has 2 saturated heterocycles. The zero-order valence-corrected chi connectivity index (χ0v) is 22.8. The van der Waals surface area contributed by atoms with Gasteiger partial charge >= 0.3 is 0 Å². The Morgan fingerprint density at radius 3 is 2.26 bits per heavy atom. The second kappa shape index (κ2) is 11.9. The van der Waals surface area contributed by atoms with Gasteiger partial charge in [-0.15, -0.1) is 0 Å². The highest BCUT2D eigenvalue weighted by molar-refractivity contribution is 7.89. The number of anilines is 1. The molecule has 0 saturated carbocycles. The second-order valence-electron chi connectivity index (χ2n) is 9.90. The lowest BCUT2D eigenvalue weighted by molar-refractivity contribution is -0.121. The lowest BCUT2D eigenvalue weighted by Gasteiger charge is -2.30. The molecule has 5 rings (SSSR count). The van der Waals surface area contributed by atoms with Crippen molar-refractivity contribution < 1.29 is 17.7 Å². The van der Waals surface area contributed by atoms with Crippen LogP contribution in [0.25, 0.3) is 11.4 Å². The van der Waals surface area contributed by atoms with Crippen LogP contribution >= 0.6 is 11.6 Å². The highest BCUT2D eigenvalue weighted by Crippen LogP contribution is 2.25. The summed E-state index contributed by atoms with van der Waals surface area (Å²) in [5.41, 5.74) is 1.44. The molecule has 9 nitrogen and oxygen atoms in total. The van der Waals surface area contributed by atoms with Crippen molar-refractivity contribution >= 4 is 33.2 Å². The topological polar surface area (TPSA) is 109 Å². The van der Waals surface area contributed by atoms with Crippen molar-refractivity contribution in [2.75, 3.05) is 31.5 Å². The maximum absolute atomic E-state index is 13.0. The number of piperidine rings is 1. The number of halogens is 1. The SMILES string of the molecule is O=C(Nc1ccc(S(=O)(=O)N2CCCCCC2)cc1)C1CCN(Cc2nc(-c3ccc(Cl)cc3)no2)CC1. The van der Waals surface area contributed by atoms with E-state index in [0.717, 1.165) is 44.3 Å². The Labute approximate surface area is 228 Å². The molecule has 0 unspecified atom stereocenters. The molecule has 1 N–H and O–H groups in total. The molecule has 11 heteroatoms. The van der Waals surface area contributed by atoms with Crippen molar-refractivity contribution in [1.29, 1.82) is 0 Å². The van der Waals surface area contributed by atoms with Gasteiger partial charge in [-0.25, -0.2) is 8.42 Å². The van der Waals surface area contributed by atoms with E-state index in [4.69, 9.17) is 16.1 Å². The van der Waals surface area contributed by atoms with E-state index >= 15 is 0 Å². The number of carbonyl (C=O) groups is 1. The first-order valence-corrected chi connectivity index (χ1v) is 14.9. The first kappa shape index (κ1) is 26.8. The number of aromatic nitrogens is 2. The average Bonchev–Trinajstić information content (AvgIpc) is 3.20. The molecule has 0 atom stereocenters. The number of likely N-dealkylation sites (tertiary alicyclic amines) is 1. The Morgan fingerprint density at radius 2 is 1.61 bits per heavy atom. The van der Waals surface area contributed by atoms with Crippen molar-refractivity contribution in [3.8, 4) is 11.4 Å². The van der Waals surface area contributed by atoms with E-state index in [9.17, 15) is 13.2 Å². The average molecular weight is 558 g/mol. The number of benzene rings is 2. The Hall–Kier alpha value is -2.79. The van der Waals surface area contributed by atoms with E-state index in [0.29, 0.717) is 54.9 Å². The van der Waals surface area contributed by atoms with Gasteiger partial charge in [-0.05, 0) is 87.3 Å². The molecule has 0 bridgehead atoms. The van der Waals surface area contributed by atoms with Crippen LogP contribution in [0, 0.1) is 5.92 Å². The monoisotopic (exact) mass is 557 g/mol. The highest BCUT2D eigenvalue weighted by atomic mass is 35.5. The predicted octanol–water partition coefficient (Wildman–Crippen LogP) is 4.81. The van der Waals surface area contributed by atoms with Gasteiger partial charge in [-0.2, -0.15) is 9.29 Å². The summed E-state index contributed by atoms with van der Waals surface area (Å²) in [6.07, 6.45) is 5.35. The molecule has 3 aromatic rings. The molecule has 0 radical (unpaired) electrons. The van der Waals surface area contributed by atoms with E-state index in [-0.39, 0.29) is 16.7 Å². The molecule has 2 aliphatic rings. The molecule has 38 heavy (non-hydrogen) atoms. The van der Waals surface area contributed by atoms with E-state index in [1.807, 2.05) is 12.1 Å². The number of sulfonamides is 1. The summed E-state index contributed by atoms with van der Waals surface area (Å²) in [7, 11) is -3.51. The van der Waals surface area contributed by atoms with Gasteiger partial charge in [0.15, 0.2) is 0 Å². The van der Waals surface area contributed by atoms with E-state index in [1.165, 1.54) is 0 Å². The number of rotatable bonds is 7. The van der Waals surface area contributed by atoms with Crippen LogP contribution in [0.15, 0.2) is 57.9 Å². The summed E-state index contributed by atoms with van der Waals surface area (Å²) >= 11 is 5.94. The van der Waals surface area contributed by atoms with E-state index < -0.39 is 10.0 Å². The summed E-state index contributed by atoms with van der Waals surface area (Å²) in [4.78, 5) is 19.8. The minimum atomic E-state index is -3.51. The molecule has 2 aliphatic heterocycles. The summed E-state index contributed by atoms with van der Waals surface area (Å²) in [5, 5.41) is 7.67. The largest absolute Gasteiger partial charge is 0.338 e. The maximum Gasteiger partial charge on any atom is 0.243 e. The zero-order valence-electron chi connectivity index (χ0n) is 21.2. The summed E-state index contributed by atoms with van der Waals surface area (Å²) in [5.74, 6) is 0.902. The van der Waals surface area contributed by atoms with Crippen LogP contribution in [-0.2, 0) is 21.4 Å². The Balaban J connectivity index is 1.11. The lowest BCUT2D eigenvalue weighted by Crippen LogP contribution is -2.37. The minimum absolute atomic E-state index is 0.0457. The zero-order chi connectivity index (χ0) is 26.5. The molecule has 202 valence electrons. The van der Waals surface area contributed by atoms with Crippen LogP contribution in [0.5, 0.6) is 0 Å². The van der Waals surface area contributed by atoms with Gasteiger partial charge in [0.2, 0.25) is 27.6 Å². The summed E-state index contributed by atoms with van der Waals surface area (Å²) in [6.45, 7) is 3.14. The normalized spacial score (nSPS) is 18.2. The van der Waals surface area contributed by atoms with Crippen molar-refractivity contribution in [3.63, 3.8) is 0 Å². The molecular formula is C27H32ClN5O4S. The third-order valence-corrected chi connectivity index (χ3v) is 9.38. The van der Waals surface area contributed by atoms with Gasteiger partial charge in [-0.3, -0.25) is 9.69 Å². The molecule has 1 aromatic heterocycles. The van der Waals surface area contributed by atoms with Crippen LogP contribution in [0.3, 0.4) is 0 Å². The molecule has 1 amide bonds. The number of hydrogen-bond donors (Lipinski definition) is 1. The van der Waals surface area contributed by atoms with Gasteiger partial charge in [0.05, 0.1) is 11.4 Å². The molecule has 3 heterocycles. The Morgan fingerprint density at radius 1 is 0.947 bits per heavy atom. The summed E-state index contributed by atoms with van der Waals surface area (Å²) in [6, 6.07) is 13.8. The van der Waals surface area contributed by atoms with Gasteiger partial charge in [0.1, 0.15) is 0 Å². The molecule has 0 aliphatic carbocycles. The standard InChI is InChI=1S/C27H32ClN5O4S/c28-22-7-5-20(6-8-22)26-30-25(37-31-26)19-32-17-13-21(14-18-32)27(34)29-23-9-11-24(12-10-23)38(35,36)33-15-3-1-2-4-16-33/h5-12,21H,1-4,13-19H2,(H,29,34). The number of carbonyl (C=O) groups excluding carboxylic acids is 1. The van der Waals surface area contributed by atoms with Crippen LogP contribution < -0.4 is 5.32 Å². The van der Waals surface area contributed by atoms with Gasteiger partial charge in [0.25, 0.3) is 0 Å². The third-order valence-electron chi connectivity index (χ3n) is 7.21. The van der Waals surface area contributed by atoms with Gasteiger partial charge in [0, 0.05) is 35.3 Å². The fourth-order valence-corrected chi connectivity index (χ4v) is 6.61. The van der Waals surface area contributed by atoms with Crippen molar-refractivity contribution in [2.24, 2.45) is 5.92 Å². The van der Waals surface area contributed by atoms with Crippen LogP contribution in [0.2, 0.25) is 5.02 Å².